The van der Waals surface area contributed by atoms with Gasteiger partial charge in [0.05, 0.1) is 0 Å². The number of aromatic amines is 1. The van der Waals surface area contributed by atoms with E-state index in [1.54, 1.807) is 12.3 Å². The van der Waals surface area contributed by atoms with E-state index in [0.717, 1.165) is 16.7 Å². The highest BCUT2D eigenvalue weighted by molar-refractivity contribution is 7.61. The van der Waals surface area contributed by atoms with Crippen LogP contribution in [-0.2, 0) is 15.9 Å². The summed E-state index contributed by atoms with van der Waals surface area (Å²) in [4.78, 5) is 38.7. The number of H-pyrrole nitrogens is 1. The quantitative estimate of drug-likeness (QED) is 0.369. The van der Waals surface area contributed by atoms with Gasteiger partial charge in [-0.05, 0) is 42.1 Å². The van der Waals surface area contributed by atoms with E-state index in [9.17, 15) is 24.2 Å². The van der Waals surface area contributed by atoms with Gasteiger partial charge in [0.25, 0.3) is 0 Å². The predicted octanol–water partition coefficient (Wildman–Crippen LogP) is 2.08. The molecule has 3 rings (SSSR count). The Morgan fingerprint density at radius 1 is 1.23 bits per heavy atom. The van der Waals surface area contributed by atoms with E-state index in [4.69, 9.17) is 5.73 Å². The van der Waals surface area contributed by atoms with Crippen LogP contribution in [0.15, 0.2) is 47.4 Å². The van der Waals surface area contributed by atoms with Gasteiger partial charge in [-0.25, -0.2) is 0 Å². The first-order valence-corrected chi connectivity index (χ1v) is 11.9. The van der Waals surface area contributed by atoms with Crippen molar-refractivity contribution in [3.05, 3.63) is 58.5 Å². The third kappa shape index (κ3) is 4.57. The molecule has 2 aromatic rings. The molecule has 30 heavy (non-hydrogen) atoms. The summed E-state index contributed by atoms with van der Waals surface area (Å²) in [6, 6.07) is 10.9. The van der Waals surface area contributed by atoms with Crippen molar-refractivity contribution in [3.63, 3.8) is 0 Å². The Morgan fingerprint density at radius 2 is 2.00 bits per heavy atom. The molecular formula is C21H28N3O5P. The van der Waals surface area contributed by atoms with Crippen molar-refractivity contribution in [3.8, 4) is 11.1 Å². The lowest BCUT2D eigenvalue weighted by molar-refractivity contribution is -0.141. The number of rotatable bonds is 8. The van der Waals surface area contributed by atoms with Crippen molar-refractivity contribution in [2.45, 2.75) is 31.0 Å². The molecule has 162 valence electrons. The monoisotopic (exact) mass is 433 g/mol. The van der Waals surface area contributed by atoms with Gasteiger partial charge in [-0.15, -0.1) is 0 Å². The molecule has 1 fully saturated rings. The molecular weight excluding hydrogens is 405 g/mol. The maximum atomic E-state index is 12.9. The number of benzene rings is 1. The Kier molecular flexibility index (Phi) is 6.93. The van der Waals surface area contributed by atoms with Gasteiger partial charge in [0, 0.05) is 38.1 Å². The van der Waals surface area contributed by atoms with Gasteiger partial charge >= 0.3 is 5.97 Å². The normalized spacial score (nSPS) is 24.6. The fourth-order valence-electron chi connectivity index (χ4n) is 4.08. The van der Waals surface area contributed by atoms with Crippen molar-refractivity contribution >= 4 is 13.3 Å². The van der Waals surface area contributed by atoms with Gasteiger partial charge in [-0.1, -0.05) is 30.7 Å². The molecule has 2 unspecified atom stereocenters. The molecule has 1 aliphatic heterocycles. The van der Waals surface area contributed by atoms with Crippen LogP contribution in [0.2, 0.25) is 0 Å². The average Bonchev–Trinajstić information content (AvgIpc) is 2.71. The maximum Gasteiger partial charge on any atom is 0.320 e. The van der Waals surface area contributed by atoms with Crippen molar-refractivity contribution < 1.29 is 19.4 Å². The molecule has 1 aromatic carbocycles. The fraction of sp³-hybridized carbons (Fsp3) is 0.429. The summed E-state index contributed by atoms with van der Waals surface area (Å²) in [6.45, 7) is 1.23. The summed E-state index contributed by atoms with van der Waals surface area (Å²) in [6.07, 6.45) is 2.83. The first-order chi connectivity index (χ1) is 14.3. The lowest BCUT2D eigenvalue weighted by atomic mass is 9.97. The van der Waals surface area contributed by atoms with E-state index in [1.807, 2.05) is 29.2 Å². The van der Waals surface area contributed by atoms with Gasteiger partial charge in [0.1, 0.15) is 0 Å². The number of nitrogens with two attached hydrogens (primary N) is 1. The Hall–Kier alpha value is -2.25. The first kappa shape index (κ1) is 22.4. The third-order valence-electron chi connectivity index (χ3n) is 5.82. The molecule has 0 spiro atoms. The van der Waals surface area contributed by atoms with Crippen LogP contribution in [0.25, 0.3) is 11.1 Å². The minimum Gasteiger partial charge on any atom is -0.480 e. The number of carbonyl (C=O) groups is 1. The second kappa shape index (κ2) is 9.27. The molecule has 9 heteroatoms. The predicted molar refractivity (Wildman–Crippen MR) is 116 cm³/mol. The number of aromatic nitrogens is 1. The molecule has 1 aliphatic rings. The van der Waals surface area contributed by atoms with Crippen LogP contribution in [0.4, 0.5) is 0 Å². The molecule has 0 radical (unpaired) electrons. The number of carboxylic acids is 1. The Labute approximate surface area is 175 Å². The zero-order valence-electron chi connectivity index (χ0n) is 16.8. The van der Waals surface area contributed by atoms with Crippen LogP contribution < -0.4 is 11.3 Å². The lowest BCUT2D eigenvalue weighted by Gasteiger charge is -2.43. The van der Waals surface area contributed by atoms with E-state index in [0.29, 0.717) is 32.5 Å². The van der Waals surface area contributed by atoms with E-state index in [-0.39, 0.29) is 24.7 Å². The molecule has 0 aliphatic carbocycles. The van der Waals surface area contributed by atoms with Crippen molar-refractivity contribution in [2.75, 3.05) is 25.8 Å². The van der Waals surface area contributed by atoms with Gasteiger partial charge in [-0.3, -0.25) is 19.1 Å². The van der Waals surface area contributed by atoms with Gasteiger partial charge in [-0.2, -0.15) is 0 Å². The summed E-state index contributed by atoms with van der Waals surface area (Å²) in [5.41, 5.74) is 8.08. The largest absolute Gasteiger partial charge is 0.480 e. The fourth-order valence-corrected chi connectivity index (χ4v) is 6.29. The van der Waals surface area contributed by atoms with E-state index >= 15 is 0 Å². The van der Waals surface area contributed by atoms with E-state index in [2.05, 4.69) is 4.98 Å². The van der Waals surface area contributed by atoms with Crippen molar-refractivity contribution in [2.24, 2.45) is 5.73 Å². The third-order valence-corrected chi connectivity index (χ3v) is 8.52. The molecule has 1 aromatic heterocycles. The van der Waals surface area contributed by atoms with E-state index < -0.39 is 18.5 Å². The average molecular weight is 433 g/mol. The number of hydrogen-bond acceptors (Lipinski definition) is 5. The summed E-state index contributed by atoms with van der Waals surface area (Å²) in [7, 11) is -3.86. The Bertz CT molecular complexity index is 988. The number of hydrogen-bond donors (Lipinski definition) is 4. The second-order valence-electron chi connectivity index (χ2n) is 7.82. The number of aliphatic carboxylic acids is 1. The molecule has 8 nitrogen and oxygen atoms in total. The number of carboxylic acid groups (broad SMARTS) is 1. The zero-order chi connectivity index (χ0) is 21.8. The molecule has 1 saturated heterocycles. The smallest absolute Gasteiger partial charge is 0.320 e. The molecule has 2 atom stereocenters. The summed E-state index contributed by atoms with van der Waals surface area (Å²) >= 11 is 0. The summed E-state index contributed by atoms with van der Waals surface area (Å²) in [5, 5.41) is 8.27. The summed E-state index contributed by atoms with van der Waals surface area (Å²) < 4.78 is 12.9. The topological polar surface area (TPSA) is 137 Å². The molecule has 0 amide bonds. The Balaban J connectivity index is 1.87. The highest BCUT2D eigenvalue weighted by Crippen LogP contribution is 2.59. The van der Waals surface area contributed by atoms with Gasteiger partial charge in [0.15, 0.2) is 5.16 Å². The molecule has 0 bridgehead atoms. The molecule has 5 N–H and O–H groups in total. The SMILES string of the molecule is NCCCCC1(C(=O)O)CN(Cc2ccccc2-c2ccc(=O)[nH]c2)CCP1(=O)O. The van der Waals surface area contributed by atoms with E-state index in [1.165, 1.54) is 6.07 Å². The number of nitrogens with one attached hydrogen (secondary N) is 1. The van der Waals surface area contributed by atoms with Crippen LogP contribution >= 0.6 is 7.37 Å². The van der Waals surface area contributed by atoms with Gasteiger partial charge < -0.3 is 20.7 Å². The maximum absolute atomic E-state index is 12.9. The van der Waals surface area contributed by atoms with Crippen molar-refractivity contribution in [1.29, 1.82) is 0 Å². The van der Waals surface area contributed by atoms with Crippen LogP contribution in [-0.4, -0.2) is 56.8 Å². The van der Waals surface area contributed by atoms with Crippen molar-refractivity contribution in [1.82, 2.24) is 9.88 Å². The van der Waals surface area contributed by atoms with Crippen LogP contribution in [0.5, 0.6) is 0 Å². The number of nitrogens with zero attached hydrogens (tertiary/aromatic N) is 1. The number of unbranched alkanes of at least 4 members (excludes halogenated alkanes) is 1. The zero-order valence-corrected chi connectivity index (χ0v) is 17.7. The Morgan fingerprint density at radius 3 is 2.67 bits per heavy atom. The molecule has 2 heterocycles. The lowest BCUT2D eigenvalue weighted by Crippen LogP contribution is -2.53. The van der Waals surface area contributed by atoms with Gasteiger partial charge in [0.2, 0.25) is 12.9 Å². The van der Waals surface area contributed by atoms with Crippen LogP contribution in [0.3, 0.4) is 0 Å². The standard InChI is InChI=1S/C21H28N3O5P/c22-10-4-3-9-21(20(26)27)15-24(11-12-30(21,28)29)14-17-5-1-2-6-18(17)16-7-8-19(25)23-13-16/h1-2,5-8,13H,3-4,9-12,14-15,22H2,(H,23,25)(H,26,27)(H,28,29). The minimum atomic E-state index is -3.86. The highest BCUT2D eigenvalue weighted by Gasteiger charge is 2.56. The summed E-state index contributed by atoms with van der Waals surface area (Å²) in [5.74, 6) is -1.22. The van der Waals surface area contributed by atoms with Crippen LogP contribution in [0.1, 0.15) is 24.8 Å². The second-order valence-corrected chi connectivity index (χ2v) is 10.5. The molecule has 0 saturated carbocycles. The first-order valence-electron chi connectivity index (χ1n) is 10.0. The number of pyridine rings is 1. The minimum absolute atomic E-state index is 0.0145. The highest BCUT2D eigenvalue weighted by atomic mass is 31.2. The van der Waals surface area contributed by atoms with Crippen LogP contribution in [0, 0.1) is 0 Å².